The van der Waals surface area contributed by atoms with Gasteiger partial charge in [-0.05, 0) is 24.6 Å². The molecule has 1 aromatic rings. The summed E-state index contributed by atoms with van der Waals surface area (Å²) < 4.78 is 14.0. The summed E-state index contributed by atoms with van der Waals surface area (Å²) in [5.41, 5.74) is 0.866. The summed E-state index contributed by atoms with van der Waals surface area (Å²) in [6, 6.07) is 4.87. The molecule has 4 heteroatoms. The van der Waals surface area contributed by atoms with Crippen molar-refractivity contribution >= 4 is 27.5 Å². The van der Waals surface area contributed by atoms with Crippen molar-refractivity contribution < 1.29 is 4.39 Å². The Balaban J connectivity index is 2.69. The SMILES string of the molecule is C=C(Br)CNC(C)c1ccc(Cl)c(F)c1. The van der Waals surface area contributed by atoms with Gasteiger partial charge in [0, 0.05) is 17.1 Å². The molecule has 0 aliphatic carbocycles. The molecule has 82 valence electrons. The molecule has 0 aliphatic heterocycles. The first-order chi connectivity index (χ1) is 7.00. The third kappa shape index (κ3) is 3.93. The van der Waals surface area contributed by atoms with Gasteiger partial charge >= 0.3 is 0 Å². The highest BCUT2D eigenvalue weighted by molar-refractivity contribution is 9.11. The molecule has 1 atom stereocenters. The Kier molecular flexibility index (Phi) is 4.77. The zero-order chi connectivity index (χ0) is 11.4. The zero-order valence-electron chi connectivity index (χ0n) is 8.36. The summed E-state index contributed by atoms with van der Waals surface area (Å²) in [6.07, 6.45) is 0. The van der Waals surface area contributed by atoms with Crippen LogP contribution in [0.5, 0.6) is 0 Å². The van der Waals surface area contributed by atoms with Crippen LogP contribution >= 0.6 is 27.5 Å². The van der Waals surface area contributed by atoms with Crippen LogP contribution in [0.2, 0.25) is 5.02 Å². The smallest absolute Gasteiger partial charge is 0.142 e. The van der Waals surface area contributed by atoms with Gasteiger partial charge in [0.2, 0.25) is 0 Å². The van der Waals surface area contributed by atoms with E-state index >= 15 is 0 Å². The van der Waals surface area contributed by atoms with Gasteiger partial charge in [-0.3, -0.25) is 0 Å². The minimum atomic E-state index is -0.388. The lowest BCUT2D eigenvalue weighted by molar-refractivity contribution is 0.594. The van der Waals surface area contributed by atoms with Gasteiger partial charge < -0.3 is 5.32 Å². The van der Waals surface area contributed by atoms with Crippen molar-refractivity contribution in [3.8, 4) is 0 Å². The molecule has 0 aliphatic rings. The van der Waals surface area contributed by atoms with E-state index in [1.165, 1.54) is 6.07 Å². The quantitative estimate of drug-likeness (QED) is 0.883. The van der Waals surface area contributed by atoms with Crippen molar-refractivity contribution in [3.63, 3.8) is 0 Å². The highest BCUT2D eigenvalue weighted by Crippen LogP contribution is 2.20. The topological polar surface area (TPSA) is 12.0 Å². The fourth-order valence-corrected chi connectivity index (χ4v) is 1.44. The molecular formula is C11H12BrClFN. The van der Waals surface area contributed by atoms with Crippen molar-refractivity contribution in [2.45, 2.75) is 13.0 Å². The van der Waals surface area contributed by atoms with E-state index in [4.69, 9.17) is 11.6 Å². The summed E-state index contributed by atoms with van der Waals surface area (Å²) in [4.78, 5) is 0. The van der Waals surface area contributed by atoms with E-state index in [1.54, 1.807) is 12.1 Å². The summed E-state index contributed by atoms with van der Waals surface area (Å²) in [5.74, 6) is -0.388. The Labute approximate surface area is 102 Å². The summed E-state index contributed by atoms with van der Waals surface area (Å²) in [6.45, 7) is 6.31. The number of hydrogen-bond donors (Lipinski definition) is 1. The molecule has 0 spiro atoms. The second-order valence-electron chi connectivity index (χ2n) is 3.29. The van der Waals surface area contributed by atoms with E-state index in [2.05, 4.69) is 27.8 Å². The largest absolute Gasteiger partial charge is 0.306 e. The standard InChI is InChI=1S/C11H12BrClFN/c1-7(12)6-15-8(2)9-3-4-10(13)11(14)5-9/h3-5,8,15H,1,6H2,2H3. The van der Waals surface area contributed by atoms with Gasteiger partial charge in [0.1, 0.15) is 5.82 Å². The highest BCUT2D eigenvalue weighted by Gasteiger charge is 2.07. The first kappa shape index (κ1) is 12.7. The van der Waals surface area contributed by atoms with E-state index in [9.17, 15) is 4.39 Å². The van der Waals surface area contributed by atoms with Crippen LogP contribution in [0.25, 0.3) is 0 Å². The Morgan fingerprint density at radius 2 is 2.33 bits per heavy atom. The van der Waals surface area contributed by atoms with Crippen molar-refractivity contribution in [2.24, 2.45) is 0 Å². The molecule has 1 unspecified atom stereocenters. The van der Waals surface area contributed by atoms with Crippen LogP contribution in [0.1, 0.15) is 18.5 Å². The minimum absolute atomic E-state index is 0.0612. The van der Waals surface area contributed by atoms with E-state index in [1.807, 2.05) is 6.92 Å². The van der Waals surface area contributed by atoms with Crippen molar-refractivity contribution in [2.75, 3.05) is 6.54 Å². The number of halogens is 3. The third-order valence-corrected chi connectivity index (χ3v) is 2.63. The van der Waals surface area contributed by atoms with Crippen LogP contribution in [-0.4, -0.2) is 6.54 Å². The van der Waals surface area contributed by atoms with Crippen LogP contribution in [0.3, 0.4) is 0 Å². The maximum absolute atomic E-state index is 13.2. The Morgan fingerprint density at radius 3 is 2.87 bits per heavy atom. The third-order valence-electron chi connectivity index (χ3n) is 2.04. The van der Waals surface area contributed by atoms with Gasteiger partial charge in [-0.25, -0.2) is 4.39 Å². The number of benzene rings is 1. The lowest BCUT2D eigenvalue weighted by Crippen LogP contribution is -2.19. The molecular weight excluding hydrogens is 280 g/mol. The minimum Gasteiger partial charge on any atom is -0.306 e. The molecule has 0 saturated heterocycles. The molecule has 0 fully saturated rings. The Bertz CT molecular complexity index is 368. The van der Waals surface area contributed by atoms with Crippen LogP contribution in [0.15, 0.2) is 29.3 Å². The van der Waals surface area contributed by atoms with Gasteiger partial charge in [-0.2, -0.15) is 0 Å². The Morgan fingerprint density at radius 1 is 1.67 bits per heavy atom. The Hall–Kier alpha value is -0.380. The maximum atomic E-state index is 13.2. The fourth-order valence-electron chi connectivity index (χ4n) is 1.16. The van der Waals surface area contributed by atoms with Crippen LogP contribution in [0, 0.1) is 5.82 Å². The molecule has 1 rings (SSSR count). The summed E-state index contributed by atoms with van der Waals surface area (Å²) in [5, 5.41) is 3.34. The monoisotopic (exact) mass is 291 g/mol. The summed E-state index contributed by atoms with van der Waals surface area (Å²) in [7, 11) is 0. The molecule has 0 saturated carbocycles. The van der Waals surface area contributed by atoms with Crippen molar-refractivity contribution in [1.82, 2.24) is 5.32 Å². The fraction of sp³-hybridized carbons (Fsp3) is 0.273. The zero-order valence-corrected chi connectivity index (χ0v) is 10.7. The number of nitrogens with one attached hydrogen (secondary N) is 1. The van der Waals surface area contributed by atoms with Crippen molar-refractivity contribution in [1.29, 1.82) is 0 Å². The first-order valence-electron chi connectivity index (χ1n) is 4.52. The molecule has 1 N–H and O–H groups in total. The molecule has 0 aromatic heterocycles. The number of hydrogen-bond acceptors (Lipinski definition) is 1. The van der Waals surface area contributed by atoms with E-state index in [-0.39, 0.29) is 16.9 Å². The normalized spacial score (nSPS) is 12.5. The average molecular weight is 293 g/mol. The molecule has 0 amide bonds. The predicted octanol–water partition coefficient (Wildman–Crippen LogP) is 4.04. The van der Waals surface area contributed by atoms with Crippen molar-refractivity contribution in [3.05, 3.63) is 45.7 Å². The maximum Gasteiger partial charge on any atom is 0.142 e. The lowest BCUT2D eigenvalue weighted by atomic mass is 10.1. The van der Waals surface area contributed by atoms with Crippen LogP contribution in [-0.2, 0) is 0 Å². The molecule has 0 heterocycles. The van der Waals surface area contributed by atoms with Gasteiger partial charge in [0.15, 0.2) is 0 Å². The first-order valence-corrected chi connectivity index (χ1v) is 5.69. The number of rotatable bonds is 4. The lowest BCUT2D eigenvalue weighted by Gasteiger charge is -2.14. The van der Waals surface area contributed by atoms with Crippen LogP contribution < -0.4 is 5.32 Å². The van der Waals surface area contributed by atoms with Gasteiger partial charge in [0.05, 0.1) is 5.02 Å². The second kappa shape index (κ2) is 5.64. The van der Waals surface area contributed by atoms with Crippen LogP contribution in [0.4, 0.5) is 4.39 Å². The van der Waals surface area contributed by atoms with Gasteiger partial charge in [0.25, 0.3) is 0 Å². The van der Waals surface area contributed by atoms with Gasteiger partial charge in [-0.1, -0.05) is 40.2 Å². The molecule has 1 aromatic carbocycles. The molecule has 1 nitrogen and oxygen atoms in total. The van der Waals surface area contributed by atoms with Gasteiger partial charge in [-0.15, -0.1) is 0 Å². The predicted molar refractivity (Wildman–Crippen MR) is 65.9 cm³/mol. The van der Waals surface area contributed by atoms with E-state index in [0.29, 0.717) is 6.54 Å². The molecule has 0 bridgehead atoms. The average Bonchev–Trinajstić information content (AvgIpc) is 2.18. The molecule has 0 radical (unpaired) electrons. The highest BCUT2D eigenvalue weighted by atomic mass is 79.9. The second-order valence-corrected chi connectivity index (χ2v) is 4.82. The van der Waals surface area contributed by atoms with E-state index in [0.717, 1.165) is 10.0 Å². The summed E-state index contributed by atoms with van der Waals surface area (Å²) >= 11 is 8.85. The molecule has 15 heavy (non-hydrogen) atoms. The van der Waals surface area contributed by atoms with E-state index < -0.39 is 0 Å².